The molecule has 0 bridgehead atoms. The van der Waals surface area contributed by atoms with Crippen molar-refractivity contribution in [2.75, 3.05) is 0 Å². The Kier molecular flexibility index (Phi) is 5.55. The summed E-state index contributed by atoms with van der Waals surface area (Å²) in [5.41, 5.74) is 0.401. The van der Waals surface area contributed by atoms with Gasteiger partial charge >= 0.3 is 0 Å². The molecule has 5 nitrogen and oxygen atoms in total. The van der Waals surface area contributed by atoms with E-state index in [4.69, 9.17) is 0 Å². The summed E-state index contributed by atoms with van der Waals surface area (Å²) < 4.78 is 0. The van der Waals surface area contributed by atoms with Gasteiger partial charge in [0.05, 0.1) is 12.2 Å². The smallest absolute Gasteiger partial charge is 0.251 e. The zero-order valence-corrected chi connectivity index (χ0v) is 11.2. The van der Waals surface area contributed by atoms with Gasteiger partial charge in [0.2, 0.25) is 5.91 Å². The lowest BCUT2D eigenvalue weighted by Gasteiger charge is -2.11. The molecule has 5 heteroatoms. The van der Waals surface area contributed by atoms with Gasteiger partial charge in [0, 0.05) is 12.0 Å². The summed E-state index contributed by atoms with van der Waals surface area (Å²) in [7, 11) is 0. The fourth-order valence-electron chi connectivity index (χ4n) is 1.73. The molecule has 0 radical (unpaired) electrons. The van der Waals surface area contributed by atoms with Crippen LogP contribution >= 0.6 is 0 Å². The van der Waals surface area contributed by atoms with Gasteiger partial charge in [-0.05, 0) is 13.3 Å². The average molecular weight is 251 g/mol. The molecule has 0 aromatic carbocycles. The lowest BCUT2D eigenvalue weighted by atomic mass is 10.0. The lowest BCUT2D eigenvalue weighted by molar-refractivity contribution is -0.124. The Bertz CT molecular complexity index is 454. The minimum atomic E-state index is -0.189. The maximum atomic E-state index is 11.8. The topological polar surface area (TPSA) is 74.8 Å². The minimum Gasteiger partial charge on any atom is -0.350 e. The van der Waals surface area contributed by atoms with Crippen LogP contribution in [0.15, 0.2) is 10.9 Å². The number of carbonyl (C=O) groups excluding carboxylic acids is 1. The van der Waals surface area contributed by atoms with Crippen LogP contribution in [0, 0.1) is 12.8 Å². The van der Waals surface area contributed by atoms with Crippen molar-refractivity contribution < 1.29 is 4.79 Å². The molecule has 1 aromatic heterocycles. The van der Waals surface area contributed by atoms with Gasteiger partial charge < -0.3 is 10.3 Å². The Balaban J connectivity index is 2.49. The van der Waals surface area contributed by atoms with Gasteiger partial charge in [0.1, 0.15) is 5.82 Å². The molecule has 0 spiro atoms. The molecule has 0 aliphatic rings. The minimum absolute atomic E-state index is 0.00745. The number of hydrogen-bond acceptors (Lipinski definition) is 3. The Morgan fingerprint density at radius 2 is 2.28 bits per heavy atom. The first-order valence-corrected chi connectivity index (χ1v) is 6.37. The fourth-order valence-corrected chi connectivity index (χ4v) is 1.73. The Morgan fingerprint density at radius 1 is 1.56 bits per heavy atom. The number of unbranched alkanes of at least 4 members (excludes halogenated alkanes) is 1. The molecule has 1 atom stereocenters. The molecule has 0 aliphatic heterocycles. The first-order chi connectivity index (χ1) is 8.52. The Labute approximate surface area is 107 Å². The highest BCUT2D eigenvalue weighted by molar-refractivity contribution is 5.78. The van der Waals surface area contributed by atoms with E-state index in [9.17, 15) is 9.59 Å². The van der Waals surface area contributed by atoms with E-state index in [0.29, 0.717) is 18.1 Å². The molecule has 1 unspecified atom stereocenters. The van der Waals surface area contributed by atoms with Crippen LogP contribution in [-0.2, 0) is 11.3 Å². The van der Waals surface area contributed by atoms with Gasteiger partial charge in [0.25, 0.3) is 5.56 Å². The number of aromatic amines is 1. The van der Waals surface area contributed by atoms with Crippen LogP contribution in [0.5, 0.6) is 0 Å². The van der Waals surface area contributed by atoms with Crippen molar-refractivity contribution in [1.29, 1.82) is 0 Å². The molecule has 0 fully saturated rings. The van der Waals surface area contributed by atoms with Crippen LogP contribution in [-0.4, -0.2) is 15.9 Å². The summed E-state index contributed by atoms with van der Waals surface area (Å²) in [6.07, 6.45) is 3.04. The largest absolute Gasteiger partial charge is 0.350 e. The Hall–Kier alpha value is -1.65. The normalized spacial score (nSPS) is 12.2. The van der Waals surface area contributed by atoms with Gasteiger partial charge in [-0.15, -0.1) is 0 Å². The zero-order chi connectivity index (χ0) is 13.5. The SMILES string of the molecule is CCCCC(C)C(=O)NCc1cc(=O)[nH]c(C)n1. The van der Waals surface area contributed by atoms with Gasteiger partial charge in [-0.2, -0.15) is 0 Å². The maximum absolute atomic E-state index is 11.8. The van der Waals surface area contributed by atoms with Crippen molar-refractivity contribution in [3.05, 3.63) is 27.9 Å². The number of amides is 1. The standard InChI is InChI=1S/C13H21N3O2/c1-4-5-6-9(2)13(18)14-8-11-7-12(17)16-10(3)15-11/h7,9H,4-6,8H2,1-3H3,(H,14,18)(H,15,16,17). The zero-order valence-electron chi connectivity index (χ0n) is 11.2. The second kappa shape index (κ2) is 6.93. The van der Waals surface area contributed by atoms with E-state index in [2.05, 4.69) is 22.2 Å². The molecule has 18 heavy (non-hydrogen) atoms. The van der Waals surface area contributed by atoms with E-state index in [0.717, 1.165) is 19.3 Å². The van der Waals surface area contributed by atoms with Gasteiger partial charge in [-0.25, -0.2) is 4.98 Å². The number of aromatic nitrogens is 2. The predicted molar refractivity (Wildman–Crippen MR) is 70.1 cm³/mol. The van der Waals surface area contributed by atoms with E-state index in [1.54, 1.807) is 6.92 Å². The van der Waals surface area contributed by atoms with E-state index in [1.807, 2.05) is 6.92 Å². The summed E-state index contributed by atoms with van der Waals surface area (Å²) in [6, 6.07) is 1.41. The van der Waals surface area contributed by atoms with Crippen LogP contribution in [0.3, 0.4) is 0 Å². The third kappa shape index (κ3) is 4.69. The molecule has 0 aliphatic carbocycles. The summed E-state index contributed by atoms with van der Waals surface area (Å²) >= 11 is 0. The summed E-state index contributed by atoms with van der Waals surface area (Å²) in [6.45, 7) is 6.05. The third-order valence-corrected chi connectivity index (χ3v) is 2.80. The molecular formula is C13H21N3O2. The Morgan fingerprint density at radius 3 is 2.89 bits per heavy atom. The highest BCUT2D eigenvalue weighted by Gasteiger charge is 2.11. The van der Waals surface area contributed by atoms with Crippen molar-refractivity contribution in [3.63, 3.8) is 0 Å². The number of rotatable bonds is 6. The van der Waals surface area contributed by atoms with E-state index in [1.165, 1.54) is 6.07 Å². The predicted octanol–water partition coefficient (Wildman–Crippen LogP) is 1.52. The molecule has 2 N–H and O–H groups in total. The maximum Gasteiger partial charge on any atom is 0.251 e. The summed E-state index contributed by atoms with van der Waals surface area (Å²) in [5, 5.41) is 2.81. The molecule has 0 saturated heterocycles. The number of nitrogens with one attached hydrogen (secondary N) is 2. The summed E-state index contributed by atoms with van der Waals surface area (Å²) in [4.78, 5) is 29.7. The van der Waals surface area contributed by atoms with Crippen molar-refractivity contribution >= 4 is 5.91 Å². The third-order valence-electron chi connectivity index (χ3n) is 2.80. The van der Waals surface area contributed by atoms with Crippen LogP contribution in [0.1, 0.15) is 44.6 Å². The highest BCUT2D eigenvalue weighted by atomic mass is 16.1. The van der Waals surface area contributed by atoms with Gasteiger partial charge in [-0.1, -0.05) is 26.7 Å². The van der Waals surface area contributed by atoms with Crippen LogP contribution in [0.2, 0.25) is 0 Å². The summed E-state index contributed by atoms with van der Waals surface area (Å²) in [5.74, 6) is 0.585. The molecule has 0 saturated carbocycles. The molecule has 100 valence electrons. The first-order valence-electron chi connectivity index (χ1n) is 6.37. The first kappa shape index (κ1) is 14.4. The van der Waals surface area contributed by atoms with E-state index < -0.39 is 0 Å². The number of hydrogen-bond donors (Lipinski definition) is 2. The fraction of sp³-hybridized carbons (Fsp3) is 0.615. The molecule has 1 heterocycles. The van der Waals surface area contributed by atoms with Gasteiger partial charge in [-0.3, -0.25) is 9.59 Å². The van der Waals surface area contributed by atoms with Crippen molar-refractivity contribution in [2.24, 2.45) is 5.92 Å². The molecule has 1 aromatic rings. The second-order valence-electron chi connectivity index (χ2n) is 4.58. The highest BCUT2D eigenvalue weighted by Crippen LogP contribution is 2.07. The number of aryl methyl sites for hydroxylation is 1. The monoisotopic (exact) mass is 251 g/mol. The average Bonchev–Trinajstić information content (AvgIpc) is 2.31. The van der Waals surface area contributed by atoms with Crippen molar-refractivity contribution in [3.8, 4) is 0 Å². The van der Waals surface area contributed by atoms with Crippen LogP contribution < -0.4 is 10.9 Å². The van der Waals surface area contributed by atoms with E-state index in [-0.39, 0.29) is 17.4 Å². The van der Waals surface area contributed by atoms with Crippen LogP contribution in [0.4, 0.5) is 0 Å². The molecule has 1 amide bonds. The van der Waals surface area contributed by atoms with E-state index >= 15 is 0 Å². The lowest BCUT2D eigenvalue weighted by Crippen LogP contribution is -2.29. The van der Waals surface area contributed by atoms with Gasteiger partial charge in [0.15, 0.2) is 0 Å². The number of nitrogens with zero attached hydrogens (tertiary/aromatic N) is 1. The number of H-pyrrole nitrogens is 1. The van der Waals surface area contributed by atoms with Crippen LogP contribution in [0.25, 0.3) is 0 Å². The number of carbonyl (C=O) groups is 1. The second-order valence-corrected chi connectivity index (χ2v) is 4.58. The molecular weight excluding hydrogens is 230 g/mol. The quantitative estimate of drug-likeness (QED) is 0.805. The van der Waals surface area contributed by atoms with Crippen molar-refractivity contribution in [1.82, 2.24) is 15.3 Å². The van der Waals surface area contributed by atoms with Crippen molar-refractivity contribution in [2.45, 2.75) is 46.6 Å². The molecule has 1 rings (SSSR count).